The molecule has 7 heteroatoms. The number of hydrogen-bond acceptors (Lipinski definition) is 5. The van der Waals surface area contributed by atoms with Crippen LogP contribution in [0.2, 0.25) is 0 Å². The number of furan rings is 1. The summed E-state index contributed by atoms with van der Waals surface area (Å²) in [7, 11) is 1.91. The molecule has 18 heavy (non-hydrogen) atoms. The van der Waals surface area contributed by atoms with Crippen LogP contribution < -0.4 is 4.72 Å². The Hall–Kier alpha value is -0.890. The third-order valence-electron chi connectivity index (χ3n) is 2.55. The summed E-state index contributed by atoms with van der Waals surface area (Å²) in [4.78, 5) is 1.90. The van der Waals surface area contributed by atoms with Crippen LogP contribution in [0.1, 0.15) is 11.8 Å². The first kappa shape index (κ1) is 15.2. The minimum Gasteiger partial charge on any atom is -0.468 e. The lowest BCUT2D eigenvalue weighted by molar-refractivity contribution is 0.216. The van der Waals surface area contributed by atoms with E-state index in [9.17, 15) is 8.42 Å². The Labute approximate surface area is 108 Å². The molecule has 1 heterocycles. The summed E-state index contributed by atoms with van der Waals surface area (Å²) < 4.78 is 35.9. The van der Waals surface area contributed by atoms with Crippen molar-refractivity contribution in [3.8, 4) is 0 Å². The minimum absolute atomic E-state index is 0.0399. The number of ether oxygens (including phenoxy) is 1. The monoisotopic (exact) mass is 276 g/mol. The average molecular weight is 276 g/mol. The van der Waals surface area contributed by atoms with Gasteiger partial charge in [-0.3, -0.25) is 4.90 Å². The highest BCUT2D eigenvalue weighted by Crippen LogP contribution is 2.17. The van der Waals surface area contributed by atoms with Crippen molar-refractivity contribution in [2.45, 2.75) is 6.04 Å². The minimum atomic E-state index is -3.31. The Morgan fingerprint density at radius 3 is 2.72 bits per heavy atom. The maximum Gasteiger partial charge on any atom is 0.213 e. The zero-order chi connectivity index (χ0) is 13.6. The van der Waals surface area contributed by atoms with Gasteiger partial charge in [0.05, 0.1) is 24.7 Å². The van der Waals surface area contributed by atoms with Gasteiger partial charge >= 0.3 is 0 Å². The summed E-state index contributed by atoms with van der Waals surface area (Å²) in [5.74, 6) is 0.691. The van der Waals surface area contributed by atoms with Crippen LogP contribution in [0.3, 0.4) is 0 Å². The van der Waals surface area contributed by atoms with Gasteiger partial charge in [0.25, 0.3) is 0 Å². The number of nitrogens with zero attached hydrogens (tertiary/aromatic N) is 1. The summed E-state index contributed by atoms with van der Waals surface area (Å²) in [6.07, 6.45) is 1.57. The van der Waals surface area contributed by atoms with Gasteiger partial charge < -0.3 is 9.15 Å². The molecule has 1 aromatic heterocycles. The van der Waals surface area contributed by atoms with Crippen LogP contribution in [-0.2, 0) is 14.8 Å². The average Bonchev–Trinajstić information content (AvgIpc) is 2.79. The van der Waals surface area contributed by atoms with Crippen molar-refractivity contribution in [3.63, 3.8) is 0 Å². The Kier molecular flexibility index (Phi) is 5.80. The maximum atomic E-state index is 11.6. The van der Waals surface area contributed by atoms with Crippen LogP contribution in [0, 0.1) is 0 Å². The van der Waals surface area contributed by atoms with Crippen molar-refractivity contribution < 1.29 is 17.6 Å². The van der Waals surface area contributed by atoms with E-state index in [0.717, 1.165) is 5.76 Å². The van der Waals surface area contributed by atoms with Crippen LogP contribution in [0.15, 0.2) is 22.8 Å². The zero-order valence-corrected chi connectivity index (χ0v) is 11.7. The maximum absolute atomic E-state index is 11.6. The van der Waals surface area contributed by atoms with Gasteiger partial charge in [-0.05, 0) is 26.2 Å². The van der Waals surface area contributed by atoms with Gasteiger partial charge in [0, 0.05) is 13.7 Å². The first-order valence-electron chi connectivity index (χ1n) is 5.62. The second kappa shape index (κ2) is 6.89. The van der Waals surface area contributed by atoms with Crippen molar-refractivity contribution in [3.05, 3.63) is 24.2 Å². The summed E-state index contributed by atoms with van der Waals surface area (Å²) in [6, 6.07) is 3.48. The molecule has 0 aliphatic rings. The van der Waals surface area contributed by atoms with E-state index in [-0.39, 0.29) is 24.9 Å². The lowest BCUT2D eigenvalue weighted by Crippen LogP contribution is -2.36. The number of sulfonamides is 1. The molecular formula is C11H20N2O4S. The molecule has 0 aliphatic heterocycles. The first-order valence-corrected chi connectivity index (χ1v) is 7.27. The fraction of sp³-hybridized carbons (Fsp3) is 0.636. The quantitative estimate of drug-likeness (QED) is 0.746. The Bertz CT molecular complexity index is 428. The predicted molar refractivity (Wildman–Crippen MR) is 68.8 cm³/mol. The third kappa shape index (κ3) is 4.77. The van der Waals surface area contributed by atoms with Crippen LogP contribution in [0.4, 0.5) is 0 Å². The van der Waals surface area contributed by atoms with Gasteiger partial charge in [-0.2, -0.15) is 0 Å². The van der Waals surface area contributed by atoms with E-state index < -0.39 is 10.0 Å². The lowest BCUT2D eigenvalue weighted by Gasteiger charge is -2.22. The second-order valence-electron chi connectivity index (χ2n) is 4.15. The predicted octanol–water partition coefficient (Wildman–Crippen LogP) is 0.448. The first-order chi connectivity index (χ1) is 8.46. The molecule has 0 amide bonds. The molecule has 0 radical (unpaired) electrons. The van der Waals surface area contributed by atoms with Crippen molar-refractivity contribution in [2.24, 2.45) is 0 Å². The Balaban J connectivity index is 2.59. The van der Waals surface area contributed by atoms with E-state index in [4.69, 9.17) is 9.15 Å². The highest BCUT2D eigenvalue weighted by atomic mass is 32.2. The van der Waals surface area contributed by atoms with Gasteiger partial charge in [0.15, 0.2) is 0 Å². The van der Waals surface area contributed by atoms with Gasteiger partial charge in [0.2, 0.25) is 10.0 Å². The second-order valence-corrected chi connectivity index (χ2v) is 6.08. The Morgan fingerprint density at radius 2 is 2.22 bits per heavy atom. The molecular weight excluding hydrogens is 256 g/mol. The molecule has 0 fully saturated rings. The molecule has 0 aromatic carbocycles. The Morgan fingerprint density at radius 1 is 1.50 bits per heavy atom. The standard InChI is InChI=1S/C11H20N2O4S/c1-13(2)10(11-5-4-6-17-11)9-12-18(14,15)8-7-16-3/h4-6,10,12H,7-9H2,1-3H3. The van der Waals surface area contributed by atoms with E-state index in [0.29, 0.717) is 0 Å². The van der Waals surface area contributed by atoms with Crippen molar-refractivity contribution in [1.29, 1.82) is 0 Å². The summed E-state index contributed by atoms with van der Waals surface area (Å²) in [5, 5.41) is 0. The molecule has 1 unspecified atom stereocenters. The molecule has 1 aromatic rings. The molecule has 0 saturated carbocycles. The van der Waals surface area contributed by atoms with Crippen molar-refractivity contribution in [2.75, 3.05) is 40.1 Å². The molecule has 104 valence electrons. The molecule has 0 spiro atoms. The number of likely N-dealkylation sites (N-methyl/N-ethyl adjacent to an activating group) is 1. The van der Waals surface area contributed by atoms with Gasteiger partial charge in [0.1, 0.15) is 5.76 Å². The number of hydrogen-bond donors (Lipinski definition) is 1. The SMILES string of the molecule is COCCS(=O)(=O)NCC(c1ccco1)N(C)C. The summed E-state index contributed by atoms with van der Waals surface area (Å²) >= 11 is 0. The van der Waals surface area contributed by atoms with Crippen LogP contribution in [-0.4, -0.2) is 53.4 Å². The van der Waals surface area contributed by atoms with Crippen LogP contribution in [0.5, 0.6) is 0 Å². The summed E-state index contributed by atoms with van der Waals surface area (Å²) in [5.41, 5.74) is 0. The normalized spacial score (nSPS) is 14.0. The highest BCUT2D eigenvalue weighted by molar-refractivity contribution is 7.89. The molecule has 1 atom stereocenters. The van der Waals surface area contributed by atoms with Crippen molar-refractivity contribution in [1.82, 2.24) is 9.62 Å². The van der Waals surface area contributed by atoms with Crippen LogP contribution >= 0.6 is 0 Å². The molecule has 0 aliphatic carbocycles. The molecule has 1 rings (SSSR count). The number of rotatable bonds is 8. The van der Waals surface area contributed by atoms with Crippen molar-refractivity contribution >= 4 is 10.0 Å². The van der Waals surface area contributed by atoms with E-state index >= 15 is 0 Å². The smallest absolute Gasteiger partial charge is 0.213 e. The molecule has 1 N–H and O–H groups in total. The van der Waals surface area contributed by atoms with E-state index in [1.54, 1.807) is 12.3 Å². The van der Waals surface area contributed by atoms with E-state index in [2.05, 4.69) is 4.72 Å². The highest BCUT2D eigenvalue weighted by Gasteiger charge is 2.19. The zero-order valence-electron chi connectivity index (χ0n) is 10.9. The van der Waals surface area contributed by atoms with Crippen LogP contribution in [0.25, 0.3) is 0 Å². The lowest BCUT2D eigenvalue weighted by atomic mass is 10.2. The molecule has 6 nitrogen and oxygen atoms in total. The third-order valence-corrected chi connectivity index (χ3v) is 3.86. The largest absolute Gasteiger partial charge is 0.468 e. The fourth-order valence-corrected chi connectivity index (χ4v) is 2.43. The van der Waals surface area contributed by atoms with Gasteiger partial charge in [-0.1, -0.05) is 0 Å². The molecule has 0 saturated heterocycles. The molecule has 0 bridgehead atoms. The van der Waals surface area contributed by atoms with Gasteiger partial charge in [-0.15, -0.1) is 0 Å². The fourth-order valence-electron chi connectivity index (χ4n) is 1.49. The topological polar surface area (TPSA) is 71.8 Å². The number of nitrogens with one attached hydrogen (secondary N) is 1. The van der Waals surface area contributed by atoms with E-state index in [1.807, 2.05) is 25.1 Å². The summed E-state index contributed by atoms with van der Waals surface area (Å²) in [6.45, 7) is 0.454. The number of methoxy groups -OCH3 is 1. The van der Waals surface area contributed by atoms with E-state index in [1.165, 1.54) is 7.11 Å². The van der Waals surface area contributed by atoms with Gasteiger partial charge in [-0.25, -0.2) is 13.1 Å².